The average molecular weight is 554 g/mol. The van der Waals surface area contributed by atoms with Crippen LogP contribution in [-0.4, -0.2) is 39.7 Å². The van der Waals surface area contributed by atoms with Crippen molar-refractivity contribution in [2.24, 2.45) is 0 Å². The fourth-order valence-corrected chi connectivity index (χ4v) is 4.75. The van der Waals surface area contributed by atoms with Crippen LogP contribution < -0.4 is 16.0 Å². The van der Waals surface area contributed by atoms with Crippen molar-refractivity contribution in [2.45, 2.75) is 59.1 Å². The number of carbonyl (C=O) groups excluding carboxylic acids is 1. The number of rotatable bonds is 8. The summed E-state index contributed by atoms with van der Waals surface area (Å²) in [5.41, 5.74) is 4.87. The maximum atomic E-state index is 13.1. The fourth-order valence-electron chi connectivity index (χ4n) is 4.75. The molecule has 0 aliphatic carbocycles. The summed E-state index contributed by atoms with van der Waals surface area (Å²) in [5.74, 6) is -0.0653. The van der Waals surface area contributed by atoms with Gasteiger partial charge in [0.05, 0.1) is 34.7 Å². The monoisotopic (exact) mass is 553 g/mol. The summed E-state index contributed by atoms with van der Waals surface area (Å²) in [4.78, 5) is 13.1. The first-order valence-electron chi connectivity index (χ1n) is 13.5. The van der Waals surface area contributed by atoms with Crippen molar-refractivity contribution in [1.29, 1.82) is 10.5 Å². The Morgan fingerprint density at radius 1 is 1.07 bits per heavy atom. The molecule has 0 saturated heterocycles. The van der Waals surface area contributed by atoms with Crippen LogP contribution in [0.5, 0.6) is 0 Å². The first kappa shape index (κ1) is 29.2. The normalized spacial score (nSPS) is 14.0. The highest BCUT2D eigenvalue weighted by atomic mass is 16.6. The van der Waals surface area contributed by atoms with Gasteiger partial charge in [-0.15, -0.1) is 5.10 Å². The number of dihydropyridines is 1. The van der Waals surface area contributed by atoms with Crippen molar-refractivity contribution in [2.75, 3.05) is 23.8 Å². The molecule has 0 unspecified atom stereocenters. The van der Waals surface area contributed by atoms with Crippen molar-refractivity contribution < 1.29 is 14.6 Å². The van der Waals surface area contributed by atoms with Gasteiger partial charge in [-0.1, -0.05) is 18.2 Å². The Kier molecular flexibility index (Phi) is 8.65. The molecule has 3 aromatic rings. The van der Waals surface area contributed by atoms with Gasteiger partial charge in [0.2, 0.25) is 0 Å². The van der Waals surface area contributed by atoms with Gasteiger partial charge in [0, 0.05) is 42.2 Å². The predicted molar refractivity (Wildman–Crippen MR) is 158 cm³/mol. The molecular weight excluding hydrogens is 518 g/mol. The number of fused-ring (bicyclic) bond motifs is 1. The molecule has 10 heteroatoms. The van der Waals surface area contributed by atoms with Gasteiger partial charge in [0.25, 0.3) is 0 Å². The molecule has 1 aliphatic heterocycles. The molecule has 212 valence electrons. The Morgan fingerprint density at radius 3 is 2.32 bits per heavy atom. The van der Waals surface area contributed by atoms with Crippen molar-refractivity contribution in [3.63, 3.8) is 0 Å². The standard InChI is InChI=1S/C31H35N7O3/c1-19-25(16-32)28(26(17-33)20(2)36-19)22-9-12-27-24(15-22)29(37-38(27)30(40)41-31(3,4)5)35-18-21-7-10-23(11-8-21)34-13-6-14-39/h7-12,15,28,34,36,39H,6,13-14,18H2,1-5H3,(H,35,37). The maximum Gasteiger partial charge on any atom is 0.435 e. The lowest BCUT2D eigenvalue weighted by atomic mass is 9.81. The number of allylic oxidation sites excluding steroid dienone is 4. The van der Waals surface area contributed by atoms with E-state index in [4.69, 9.17) is 9.84 Å². The van der Waals surface area contributed by atoms with E-state index in [9.17, 15) is 15.3 Å². The third-order valence-corrected chi connectivity index (χ3v) is 6.68. The summed E-state index contributed by atoms with van der Waals surface area (Å²) in [5, 5.41) is 43.9. The summed E-state index contributed by atoms with van der Waals surface area (Å²) in [6.45, 7) is 10.3. The second-order valence-electron chi connectivity index (χ2n) is 10.9. The number of ether oxygens (including phenoxy) is 1. The van der Waals surface area contributed by atoms with Crippen LogP contribution in [0, 0.1) is 22.7 Å². The third kappa shape index (κ3) is 6.51. The highest BCUT2D eigenvalue weighted by Crippen LogP contribution is 2.39. The van der Waals surface area contributed by atoms with E-state index in [0.29, 0.717) is 58.8 Å². The molecule has 0 spiro atoms. The third-order valence-electron chi connectivity index (χ3n) is 6.68. The largest absolute Gasteiger partial charge is 0.442 e. The molecule has 2 aromatic carbocycles. The Labute approximate surface area is 239 Å². The smallest absolute Gasteiger partial charge is 0.435 e. The van der Waals surface area contributed by atoms with E-state index in [0.717, 1.165) is 16.8 Å². The zero-order valence-electron chi connectivity index (χ0n) is 24.0. The highest BCUT2D eigenvalue weighted by Gasteiger charge is 2.30. The van der Waals surface area contributed by atoms with Crippen LogP contribution in [0.3, 0.4) is 0 Å². The van der Waals surface area contributed by atoms with Crippen molar-refractivity contribution in [3.05, 3.63) is 76.1 Å². The van der Waals surface area contributed by atoms with E-state index in [-0.39, 0.29) is 6.61 Å². The topological polar surface area (TPSA) is 148 Å². The second-order valence-corrected chi connectivity index (χ2v) is 10.9. The van der Waals surface area contributed by atoms with Crippen LogP contribution in [0.2, 0.25) is 0 Å². The van der Waals surface area contributed by atoms with E-state index < -0.39 is 17.6 Å². The number of hydrogen-bond acceptors (Lipinski definition) is 9. The van der Waals surface area contributed by atoms with Crippen LogP contribution in [0.1, 0.15) is 58.1 Å². The van der Waals surface area contributed by atoms with Crippen LogP contribution in [-0.2, 0) is 11.3 Å². The Hall–Kier alpha value is -4.80. The second kappa shape index (κ2) is 12.2. The summed E-state index contributed by atoms with van der Waals surface area (Å²) in [7, 11) is 0. The molecule has 41 heavy (non-hydrogen) atoms. The molecule has 1 aliphatic rings. The molecule has 4 N–H and O–H groups in total. The lowest BCUT2D eigenvalue weighted by Crippen LogP contribution is -2.27. The van der Waals surface area contributed by atoms with E-state index in [2.05, 4.69) is 33.2 Å². The van der Waals surface area contributed by atoms with Gasteiger partial charge in [0.15, 0.2) is 5.82 Å². The van der Waals surface area contributed by atoms with E-state index in [1.807, 2.05) is 50.2 Å². The molecule has 2 heterocycles. The SMILES string of the molecule is CC1=C(C#N)C(c2ccc3c(c2)c(NCc2ccc(NCCCO)cc2)nn3C(=O)OC(C)(C)C)C(C#N)=C(C)N1. The molecule has 0 amide bonds. The zero-order valence-corrected chi connectivity index (χ0v) is 24.0. The van der Waals surface area contributed by atoms with E-state index in [1.54, 1.807) is 26.8 Å². The minimum absolute atomic E-state index is 0.139. The van der Waals surface area contributed by atoms with Gasteiger partial charge in [-0.25, -0.2) is 4.79 Å². The quantitative estimate of drug-likeness (QED) is 0.265. The number of nitrogens with one attached hydrogen (secondary N) is 3. The molecule has 4 rings (SSSR count). The minimum Gasteiger partial charge on any atom is -0.442 e. The number of aliphatic hydroxyl groups is 1. The number of nitrogens with zero attached hydrogens (tertiary/aromatic N) is 4. The number of carbonyl (C=O) groups is 1. The van der Waals surface area contributed by atoms with Gasteiger partial charge in [-0.3, -0.25) is 0 Å². The Bertz CT molecular complexity index is 1560. The molecular formula is C31H35N7O3. The zero-order chi connectivity index (χ0) is 29.7. The van der Waals surface area contributed by atoms with Crippen molar-refractivity contribution >= 4 is 28.5 Å². The predicted octanol–water partition coefficient (Wildman–Crippen LogP) is 5.51. The number of aliphatic hydroxyl groups excluding tert-OH is 1. The van der Waals surface area contributed by atoms with Gasteiger partial charge in [0.1, 0.15) is 5.60 Å². The Morgan fingerprint density at radius 2 is 1.73 bits per heavy atom. The number of benzene rings is 2. The number of aromatic nitrogens is 2. The van der Waals surface area contributed by atoms with Gasteiger partial charge in [-0.05, 0) is 76.4 Å². The molecule has 10 nitrogen and oxygen atoms in total. The summed E-state index contributed by atoms with van der Waals surface area (Å²) in [6, 6.07) is 17.9. The summed E-state index contributed by atoms with van der Waals surface area (Å²) >= 11 is 0. The molecule has 0 atom stereocenters. The minimum atomic E-state index is -0.709. The summed E-state index contributed by atoms with van der Waals surface area (Å²) in [6.07, 6.45) is 0.0670. The van der Waals surface area contributed by atoms with Crippen LogP contribution in [0.15, 0.2) is 65.0 Å². The highest BCUT2D eigenvalue weighted by molar-refractivity contribution is 5.96. The number of anilines is 2. The number of hydrogen-bond donors (Lipinski definition) is 4. The number of nitriles is 2. The van der Waals surface area contributed by atoms with E-state index >= 15 is 0 Å². The van der Waals surface area contributed by atoms with Crippen molar-refractivity contribution in [1.82, 2.24) is 15.1 Å². The fraction of sp³-hybridized carbons (Fsp3) is 0.355. The first-order chi connectivity index (χ1) is 19.6. The molecule has 0 fully saturated rings. The molecule has 0 radical (unpaired) electrons. The average Bonchev–Trinajstić information content (AvgIpc) is 3.29. The van der Waals surface area contributed by atoms with Gasteiger partial charge < -0.3 is 25.8 Å². The van der Waals surface area contributed by atoms with Crippen LogP contribution in [0.4, 0.5) is 16.3 Å². The molecule has 0 saturated carbocycles. The maximum absolute atomic E-state index is 13.1. The summed E-state index contributed by atoms with van der Waals surface area (Å²) < 4.78 is 6.84. The first-order valence-corrected chi connectivity index (χ1v) is 13.5. The lowest BCUT2D eigenvalue weighted by molar-refractivity contribution is 0.0523. The van der Waals surface area contributed by atoms with Gasteiger partial charge >= 0.3 is 6.09 Å². The Balaban J connectivity index is 1.73. The van der Waals surface area contributed by atoms with Gasteiger partial charge in [-0.2, -0.15) is 15.2 Å². The molecule has 0 bridgehead atoms. The van der Waals surface area contributed by atoms with Crippen LogP contribution in [0.25, 0.3) is 10.9 Å². The van der Waals surface area contributed by atoms with E-state index in [1.165, 1.54) is 4.68 Å². The van der Waals surface area contributed by atoms with Crippen LogP contribution >= 0.6 is 0 Å². The lowest BCUT2D eigenvalue weighted by Gasteiger charge is -2.26. The molecule has 1 aromatic heterocycles. The van der Waals surface area contributed by atoms with Crippen molar-refractivity contribution in [3.8, 4) is 12.1 Å².